The maximum Gasteiger partial charge on any atom is 0.288 e. The molecule has 0 spiro atoms. The Hall–Kier alpha value is -1.50. The van der Waals surface area contributed by atoms with Crippen LogP contribution in [0.15, 0.2) is 23.6 Å². The number of thiazole rings is 1. The molecule has 7 heteroatoms. The number of aromatic nitrogens is 1. The molecule has 0 fully saturated rings. The van der Waals surface area contributed by atoms with Gasteiger partial charge in [-0.3, -0.25) is 10.1 Å². The first-order valence-electron chi connectivity index (χ1n) is 5.61. The Labute approximate surface area is 118 Å². The molecule has 19 heavy (non-hydrogen) atoms. The molecule has 0 aliphatic carbocycles. The second kappa shape index (κ2) is 6.10. The Morgan fingerprint density at radius 2 is 2.26 bits per heavy atom. The fourth-order valence-corrected chi connectivity index (χ4v) is 2.64. The second-order valence-electron chi connectivity index (χ2n) is 3.89. The SMILES string of the molecule is O=[N+]([O-])c1cc(-c2nc(CCCO)cs2)ccc1Cl. The Balaban J connectivity index is 2.29. The van der Waals surface area contributed by atoms with E-state index in [1.54, 1.807) is 6.07 Å². The normalized spacial score (nSPS) is 10.6. The molecule has 0 saturated heterocycles. The molecule has 0 bridgehead atoms. The highest BCUT2D eigenvalue weighted by Crippen LogP contribution is 2.31. The summed E-state index contributed by atoms with van der Waals surface area (Å²) in [6.45, 7) is 0.124. The van der Waals surface area contributed by atoms with Crippen LogP contribution in [0.25, 0.3) is 10.6 Å². The molecular weight excluding hydrogens is 288 g/mol. The van der Waals surface area contributed by atoms with Crippen LogP contribution in [0.1, 0.15) is 12.1 Å². The van der Waals surface area contributed by atoms with Crippen molar-refractivity contribution in [3.63, 3.8) is 0 Å². The molecule has 0 aliphatic rings. The van der Waals surface area contributed by atoms with Crippen LogP contribution in [0.3, 0.4) is 0 Å². The quantitative estimate of drug-likeness (QED) is 0.679. The van der Waals surface area contributed by atoms with Crippen LogP contribution >= 0.6 is 22.9 Å². The van der Waals surface area contributed by atoms with E-state index >= 15 is 0 Å². The van der Waals surface area contributed by atoms with E-state index in [0.717, 1.165) is 5.69 Å². The van der Waals surface area contributed by atoms with Crippen molar-refractivity contribution in [2.45, 2.75) is 12.8 Å². The summed E-state index contributed by atoms with van der Waals surface area (Å²) in [5.41, 5.74) is 1.44. The van der Waals surface area contributed by atoms with Crippen molar-refractivity contribution < 1.29 is 10.0 Å². The number of hydrogen-bond acceptors (Lipinski definition) is 5. The minimum atomic E-state index is -0.508. The summed E-state index contributed by atoms with van der Waals surface area (Å²) in [4.78, 5) is 14.7. The molecule has 0 atom stereocenters. The highest BCUT2D eigenvalue weighted by molar-refractivity contribution is 7.13. The molecule has 1 heterocycles. The van der Waals surface area contributed by atoms with Crippen molar-refractivity contribution in [3.8, 4) is 10.6 Å². The molecule has 0 unspecified atom stereocenters. The van der Waals surface area contributed by atoms with Gasteiger partial charge in [0.1, 0.15) is 10.0 Å². The lowest BCUT2D eigenvalue weighted by molar-refractivity contribution is -0.384. The van der Waals surface area contributed by atoms with Gasteiger partial charge in [0.15, 0.2) is 0 Å². The van der Waals surface area contributed by atoms with Gasteiger partial charge in [-0.2, -0.15) is 0 Å². The molecule has 1 aromatic carbocycles. The monoisotopic (exact) mass is 298 g/mol. The van der Waals surface area contributed by atoms with Crippen molar-refractivity contribution in [2.75, 3.05) is 6.61 Å². The van der Waals surface area contributed by atoms with Gasteiger partial charge in [0.05, 0.1) is 10.6 Å². The number of aliphatic hydroxyl groups excluding tert-OH is 1. The molecule has 0 amide bonds. The van der Waals surface area contributed by atoms with Gasteiger partial charge >= 0.3 is 0 Å². The predicted octanol–water partition coefficient (Wildman–Crippen LogP) is 3.30. The number of aliphatic hydroxyl groups is 1. The fourth-order valence-electron chi connectivity index (χ4n) is 1.60. The Morgan fingerprint density at radius 1 is 1.47 bits per heavy atom. The molecule has 0 saturated carbocycles. The summed E-state index contributed by atoms with van der Waals surface area (Å²) in [6, 6.07) is 4.64. The van der Waals surface area contributed by atoms with Crippen molar-refractivity contribution in [1.82, 2.24) is 4.98 Å². The van der Waals surface area contributed by atoms with E-state index in [4.69, 9.17) is 16.7 Å². The van der Waals surface area contributed by atoms with Crippen LogP contribution in [0.4, 0.5) is 5.69 Å². The summed E-state index contributed by atoms with van der Waals surface area (Å²) < 4.78 is 0. The van der Waals surface area contributed by atoms with E-state index in [2.05, 4.69) is 4.98 Å². The van der Waals surface area contributed by atoms with E-state index in [0.29, 0.717) is 23.4 Å². The van der Waals surface area contributed by atoms with Crippen LogP contribution < -0.4 is 0 Å². The maximum atomic E-state index is 10.8. The number of nitrogens with zero attached hydrogens (tertiary/aromatic N) is 2. The van der Waals surface area contributed by atoms with Gasteiger partial charge in [0.25, 0.3) is 5.69 Å². The van der Waals surface area contributed by atoms with Crippen LogP contribution in [-0.4, -0.2) is 21.6 Å². The van der Waals surface area contributed by atoms with Crippen molar-refractivity contribution >= 4 is 28.6 Å². The Bertz CT molecular complexity index is 600. The van der Waals surface area contributed by atoms with Gasteiger partial charge in [-0.25, -0.2) is 4.98 Å². The maximum absolute atomic E-state index is 10.8. The Kier molecular flexibility index (Phi) is 4.47. The predicted molar refractivity (Wildman–Crippen MR) is 74.6 cm³/mol. The molecule has 5 nitrogen and oxygen atoms in total. The molecule has 2 rings (SSSR count). The van der Waals surface area contributed by atoms with Crippen LogP contribution in [0.2, 0.25) is 5.02 Å². The highest BCUT2D eigenvalue weighted by Gasteiger charge is 2.15. The average Bonchev–Trinajstić information content (AvgIpc) is 2.85. The summed E-state index contributed by atoms with van der Waals surface area (Å²) in [5, 5.41) is 22.3. The Morgan fingerprint density at radius 3 is 2.95 bits per heavy atom. The first-order valence-corrected chi connectivity index (χ1v) is 6.87. The molecule has 0 radical (unpaired) electrons. The van der Waals surface area contributed by atoms with E-state index in [1.807, 2.05) is 5.38 Å². The van der Waals surface area contributed by atoms with Crippen molar-refractivity contribution in [1.29, 1.82) is 0 Å². The summed E-state index contributed by atoms with van der Waals surface area (Å²) in [6.07, 6.45) is 1.35. The number of nitro benzene ring substituents is 1. The van der Waals surface area contributed by atoms with E-state index in [9.17, 15) is 10.1 Å². The number of benzene rings is 1. The van der Waals surface area contributed by atoms with Crippen molar-refractivity contribution in [3.05, 3.63) is 44.4 Å². The van der Waals surface area contributed by atoms with Gasteiger partial charge in [-0.1, -0.05) is 11.6 Å². The number of hydrogen-bond donors (Lipinski definition) is 1. The molecule has 2 aromatic rings. The van der Waals surface area contributed by atoms with Crippen LogP contribution in [0.5, 0.6) is 0 Å². The summed E-state index contributed by atoms with van der Waals surface area (Å²) in [5.74, 6) is 0. The zero-order chi connectivity index (χ0) is 13.8. The third-order valence-electron chi connectivity index (χ3n) is 2.53. The average molecular weight is 299 g/mol. The second-order valence-corrected chi connectivity index (χ2v) is 5.16. The third-order valence-corrected chi connectivity index (χ3v) is 3.79. The number of rotatable bonds is 5. The molecule has 1 N–H and O–H groups in total. The van der Waals surface area contributed by atoms with Gasteiger partial charge in [0.2, 0.25) is 0 Å². The zero-order valence-electron chi connectivity index (χ0n) is 9.88. The minimum Gasteiger partial charge on any atom is -0.396 e. The molecular formula is C12H11ClN2O3S. The van der Waals surface area contributed by atoms with E-state index in [1.165, 1.54) is 23.5 Å². The smallest absolute Gasteiger partial charge is 0.288 e. The lowest BCUT2D eigenvalue weighted by atomic mass is 10.2. The van der Waals surface area contributed by atoms with Gasteiger partial charge in [-0.05, 0) is 25.0 Å². The highest BCUT2D eigenvalue weighted by atomic mass is 35.5. The number of nitro groups is 1. The summed E-state index contributed by atoms with van der Waals surface area (Å²) in [7, 11) is 0. The minimum absolute atomic E-state index is 0.116. The lowest BCUT2D eigenvalue weighted by Crippen LogP contribution is -1.91. The van der Waals surface area contributed by atoms with Crippen molar-refractivity contribution in [2.24, 2.45) is 0 Å². The number of aryl methyl sites for hydroxylation is 1. The van der Waals surface area contributed by atoms with E-state index < -0.39 is 4.92 Å². The first-order chi connectivity index (χ1) is 9.11. The third kappa shape index (κ3) is 3.28. The van der Waals surface area contributed by atoms with Crippen LogP contribution in [-0.2, 0) is 6.42 Å². The van der Waals surface area contributed by atoms with E-state index in [-0.39, 0.29) is 17.3 Å². The topological polar surface area (TPSA) is 76.3 Å². The van der Waals surface area contributed by atoms with Crippen LogP contribution in [0, 0.1) is 10.1 Å². The van der Waals surface area contributed by atoms with Gasteiger partial charge in [-0.15, -0.1) is 11.3 Å². The van der Waals surface area contributed by atoms with Gasteiger partial charge < -0.3 is 5.11 Å². The van der Waals surface area contributed by atoms with Gasteiger partial charge in [0, 0.05) is 23.6 Å². The largest absolute Gasteiger partial charge is 0.396 e. The molecule has 100 valence electrons. The summed E-state index contributed by atoms with van der Waals surface area (Å²) >= 11 is 7.19. The number of halogens is 1. The first kappa shape index (κ1) is 13.9. The zero-order valence-corrected chi connectivity index (χ0v) is 11.4. The fraction of sp³-hybridized carbons (Fsp3) is 0.250. The molecule has 0 aliphatic heterocycles. The standard InChI is InChI=1S/C12H11ClN2O3S/c13-10-4-3-8(6-11(10)15(17)18)12-14-9(7-19-12)2-1-5-16/h3-4,6-7,16H,1-2,5H2. The lowest BCUT2D eigenvalue weighted by Gasteiger charge is -1.99. The molecule has 1 aromatic heterocycles.